The van der Waals surface area contributed by atoms with Gasteiger partial charge >= 0.3 is 0 Å². The summed E-state index contributed by atoms with van der Waals surface area (Å²) in [5, 5.41) is 16.8. The lowest BCUT2D eigenvalue weighted by atomic mass is 10.1. The normalized spacial score (nSPS) is 12.0. The first kappa shape index (κ1) is 19.1. The zero-order valence-electron chi connectivity index (χ0n) is 15.2. The molecule has 1 aromatic carbocycles. The van der Waals surface area contributed by atoms with Gasteiger partial charge < -0.3 is 15.7 Å². The van der Waals surface area contributed by atoms with Crippen molar-refractivity contribution in [2.75, 3.05) is 17.2 Å². The number of anilines is 3. The number of nitrogens with one attached hydrogen (secondary N) is 2. The van der Waals surface area contributed by atoms with Crippen molar-refractivity contribution in [1.29, 1.82) is 0 Å². The van der Waals surface area contributed by atoms with Gasteiger partial charge in [-0.2, -0.15) is 4.98 Å². The first-order valence-electron chi connectivity index (χ1n) is 8.74. The van der Waals surface area contributed by atoms with Crippen LogP contribution in [0.1, 0.15) is 13.8 Å². The summed E-state index contributed by atoms with van der Waals surface area (Å²) in [7, 11) is 0. The molecule has 3 N–H and O–H groups in total. The summed E-state index contributed by atoms with van der Waals surface area (Å²) in [4.78, 5) is 13.3. The quantitative estimate of drug-likeness (QED) is 0.562. The Hall–Kier alpha value is -2.70. The summed E-state index contributed by atoms with van der Waals surface area (Å²) in [6, 6.07) is 12.9. The molecule has 0 unspecified atom stereocenters. The van der Waals surface area contributed by atoms with Crippen molar-refractivity contribution in [3.8, 4) is 11.3 Å². The topological polar surface area (TPSA) is 83.0 Å². The second-order valence-corrected chi connectivity index (χ2v) is 6.95. The molecule has 0 saturated heterocycles. The van der Waals surface area contributed by atoms with Crippen molar-refractivity contribution >= 4 is 29.1 Å². The summed E-state index contributed by atoms with van der Waals surface area (Å²) in [5.74, 6) is 1.31. The molecule has 0 aliphatic carbocycles. The van der Waals surface area contributed by atoms with Crippen molar-refractivity contribution in [2.45, 2.75) is 19.9 Å². The largest absolute Gasteiger partial charge is 0.394 e. The number of hydrogen-bond donors (Lipinski definition) is 3. The summed E-state index contributed by atoms with van der Waals surface area (Å²) < 4.78 is 0. The molecular weight excluding hydrogens is 362 g/mol. The van der Waals surface area contributed by atoms with Crippen LogP contribution in [0, 0.1) is 5.92 Å². The fourth-order valence-corrected chi connectivity index (χ4v) is 2.63. The van der Waals surface area contributed by atoms with E-state index in [1.54, 1.807) is 12.4 Å². The molecule has 27 heavy (non-hydrogen) atoms. The van der Waals surface area contributed by atoms with Gasteiger partial charge in [-0.05, 0) is 42.3 Å². The number of hydrogen-bond acceptors (Lipinski definition) is 6. The Morgan fingerprint density at radius 3 is 2.52 bits per heavy atom. The van der Waals surface area contributed by atoms with Crippen LogP contribution in [0.5, 0.6) is 0 Å². The molecule has 3 rings (SSSR count). The van der Waals surface area contributed by atoms with Crippen LogP contribution in [0.3, 0.4) is 0 Å². The van der Waals surface area contributed by atoms with Gasteiger partial charge in [0.15, 0.2) is 0 Å². The first-order valence-corrected chi connectivity index (χ1v) is 9.12. The molecule has 2 heterocycles. The van der Waals surface area contributed by atoms with Crippen molar-refractivity contribution in [3.63, 3.8) is 0 Å². The minimum atomic E-state index is -0.141. The Morgan fingerprint density at radius 2 is 1.89 bits per heavy atom. The van der Waals surface area contributed by atoms with Crippen LogP contribution >= 0.6 is 11.6 Å². The van der Waals surface area contributed by atoms with Gasteiger partial charge in [0.1, 0.15) is 5.82 Å². The summed E-state index contributed by atoms with van der Waals surface area (Å²) >= 11 is 5.95. The highest BCUT2D eigenvalue weighted by atomic mass is 35.5. The Labute approximate surface area is 163 Å². The summed E-state index contributed by atoms with van der Waals surface area (Å²) in [6.07, 6.45) is 3.47. The smallest absolute Gasteiger partial charge is 0.225 e. The maximum Gasteiger partial charge on any atom is 0.225 e. The van der Waals surface area contributed by atoms with Crippen molar-refractivity contribution in [3.05, 3.63) is 59.9 Å². The average Bonchev–Trinajstić information content (AvgIpc) is 2.68. The van der Waals surface area contributed by atoms with E-state index in [-0.39, 0.29) is 18.6 Å². The molecule has 0 fully saturated rings. The Bertz CT molecular complexity index is 871. The van der Waals surface area contributed by atoms with Crippen molar-refractivity contribution < 1.29 is 5.11 Å². The van der Waals surface area contributed by atoms with Gasteiger partial charge in [-0.1, -0.05) is 25.4 Å². The SMILES string of the molecule is CC(C)[C@@H](CO)Nc1nc(Nc2ccc(Cl)cc2)cc(-c2cccnc2)n1. The van der Waals surface area contributed by atoms with Crippen LogP contribution in [-0.4, -0.2) is 32.7 Å². The summed E-state index contributed by atoms with van der Waals surface area (Å²) in [6.45, 7) is 4.07. The summed E-state index contributed by atoms with van der Waals surface area (Å²) in [5.41, 5.74) is 2.48. The van der Waals surface area contributed by atoms with E-state index in [4.69, 9.17) is 11.6 Å². The molecular formula is C20H22ClN5O. The van der Waals surface area contributed by atoms with Crippen LogP contribution in [0.2, 0.25) is 5.02 Å². The standard InChI is InChI=1S/C20H22ClN5O/c1-13(2)18(12-27)25-20-24-17(14-4-3-9-22-11-14)10-19(26-20)23-16-7-5-15(21)6-8-16/h3-11,13,18,27H,12H2,1-2H3,(H2,23,24,25,26)/t18-/m1/s1. The maximum absolute atomic E-state index is 9.62. The molecule has 2 aromatic heterocycles. The molecule has 0 spiro atoms. The molecule has 140 valence electrons. The molecule has 0 saturated carbocycles. The van der Waals surface area contributed by atoms with E-state index < -0.39 is 0 Å². The molecule has 0 bridgehead atoms. The molecule has 0 aliphatic rings. The third-order valence-corrected chi connectivity index (χ3v) is 4.37. The lowest BCUT2D eigenvalue weighted by molar-refractivity contribution is 0.248. The molecule has 0 amide bonds. The second kappa shape index (κ2) is 8.79. The van der Waals surface area contributed by atoms with Crippen LogP contribution in [0.4, 0.5) is 17.5 Å². The van der Waals surface area contributed by atoms with Gasteiger partial charge in [0.25, 0.3) is 0 Å². The molecule has 3 aromatic rings. The zero-order valence-corrected chi connectivity index (χ0v) is 16.0. The Balaban J connectivity index is 1.96. The van der Waals surface area contributed by atoms with E-state index in [2.05, 4.69) is 25.6 Å². The molecule has 6 nitrogen and oxygen atoms in total. The van der Waals surface area contributed by atoms with E-state index in [0.717, 1.165) is 16.9 Å². The van der Waals surface area contributed by atoms with Crippen molar-refractivity contribution in [1.82, 2.24) is 15.0 Å². The van der Waals surface area contributed by atoms with Crippen molar-refractivity contribution in [2.24, 2.45) is 5.92 Å². The van der Waals surface area contributed by atoms with E-state index in [1.807, 2.05) is 56.3 Å². The minimum absolute atomic E-state index is 0.00189. The number of nitrogens with zero attached hydrogens (tertiary/aromatic N) is 3. The van der Waals surface area contributed by atoms with E-state index in [0.29, 0.717) is 16.8 Å². The number of aliphatic hydroxyl groups excluding tert-OH is 1. The van der Waals surface area contributed by atoms with Gasteiger partial charge in [-0.3, -0.25) is 4.98 Å². The third kappa shape index (κ3) is 5.15. The van der Waals surface area contributed by atoms with E-state index in [1.165, 1.54) is 0 Å². The number of pyridine rings is 1. The highest BCUT2D eigenvalue weighted by Gasteiger charge is 2.15. The fourth-order valence-electron chi connectivity index (χ4n) is 2.51. The van der Waals surface area contributed by atoms with Gasteiger partial charge in [0.2, 0.25) is 5.95 Å². The lowest BCUT2D eigenvalue weighted by Crippen LogP contribution is -2.30. The van der Waals surface area contributed by atoms with Gasteiger partial charge in [-0.15, -0.1) is 0 Å². The number of aliphatic hydroxyl groups is 1. The second-order valence-electron chi connectivity index (χ2n) is 6.51. The monoisotopic (exact) mass is 383 g/mol. The highest BCUT2D eigenvalue weighted by molar-refractivity contribution is 6.30. The highest BCUT2D eigenvalue weighted by Crippen LogP contribution is 2.24. The maximum atomic E-state index is 9.62. The van der Waals surface area contributed by atoms with Gasteiger partial charge in [0.05, 0.1) is 18.3 Å². The third-order valence-electron chi connectivity index (χ3n) is 4.12. The Morgan fingerprint density at radius 1 is 1.11 bits per heavy atom. The van der Waals surface area contributed by atoms with E-state index >= 15 is 0 Å². The fraction of sp³-hybridized carbons (Fsp3) is 0.250. The van der Waals surface area contributed by atoms with Gasteiger partial charge in [0, 0.05) is 34.7 Å². The lowest BCUT2D eigenvalue weighted by Gasteiger charge is -2.20. The zero-order chi connectivity index (χ0) is 19.2. The van der Waals surface area contributed by atoms with Crippen LogP contribution in [-0.2, 0) is 0 Å². The van der Waals surface area contributed by atoms with E-state index in [9.17, 15) is 5.11 Å². The number of halogens is 1. The molecule has 7 heteroatoms. The number of benzene rings is 1. The number of rotatable bonds is 7. The minimum Gasteiger partial charge on any atom is -0.394 e. The molecule has 0 aliphatic heterocycles. The van der Waals surface area contributed by atoms with Gasteiger partial charge in [-0.25, -0.2) is 4.98 Å². The predicted molar refractivity (Wildman–Crippen MR) is 109 cm³/mol. The average molecular weight is 384 g/mol. The first-order chi connectivity index (χ1) is 13.0. The van der Waals surface area contributed by atoms with Crippen LogP contribution < -0.4 is 10.6 Å². The Kier molecular flexibility index (Phi) is 6.21. The van der Waals surface area contributed by atoms with Crippen LogP contribution in [0.25, 0.3) is 11.3 Å². The van der Waals surface area contributed by atoms with Crippen LogP contribution in [0.15, 0.2) is 54.9 Å². The molecule has 1 atom stereocenters. The molecule has 0 radical (unpaired) electrons. The number of aromatic nitrogens is 3. The predicted octanol–water partition coefficient (Wildman–Crippen LogP) is 4.36.